The van der Waals surface area contributed by atoms with E-state index < -0.39 is 10.8 Å². The number of rotatable bonds is 6. The number of imidazole rings is 1. The first-order valence-corrected chi connectivity index (χ1v) is 8.99. The minimum atomic E-state index is -0.711. The number of anilines is 1. The Hall–Kier alpha value is -0.840. The molecule has 1 aromatic rings. The van der Waals surface area contributed by atoms with Crippen molar-refractivity contribution in [2.24, 2.45) is 0 Å². The quantitative estimate of drug-likeness (QED) is 0.873. The van der Waals surface area contributed by atoms with Crippen molar-refractivity contribution in [3.05, 3.63) is 12.4 Å². The van der Waals surface area contributed by atoms with Gasteiger partial charge in [0.15, 0.2) is 0 Å². The van der Waals surface area contributed by atoms with Crippen LogP contribution in [-0.4, -0.2) is 31.8 Å². The van der Waals surface area contributed by atoms with Crippen LogP contribution in [0.25, 0.3) is 0 Å². The van der Waals surface area contributed by atoms with Gasteiger partial charge >= 0.3 is 0 Å². The molecule has 19 heavy (non-hydrogen) atoms. The lowest BCUT2D eigenvalue weighted by atomic mass is 9.95. The fraction of sp³-hybridized carbons (Fsp3) is 0.786. The lowest BCUT2D eigenvalue weighted by Gasteiger charge is -2.25. The van der Waals surface area contributed by atoms with Crippen LogP contribution in [0.15, 0.2) is 12.4 Å². The molecule has 1 aliphatic rings. The minimum Gasteiger partial charge on any atom is -0.353 e. The average molecular weight is 283 g/mol. The maximum atomic E-state index is 11.1. The van der Waals surface area contributed by atoms with E-state index in [9.17, 15) is 4.21 Å². The lowest BCUT2D eigenvalue weighted by molar-refractivity contribution is 0.355. The summed E-state index contributed by atoms with van der Waals surface area (Å²) in [7, 11) is -0.711. The van der Waals surface area contributed by atoms with Crippen LogP contribution in [0.1, 0.15) is 51.5 Å². The molecule has 2 atom stereocenters. The topological polar surface area (TPSA) is 46.9 Å². The van der Waals surface area contributed by atoms with Crippen molar-refractivity contribution in [2.45, 2.75) is 57.5 Å². The Kier molecular flexibility index (Phi) is 5.43. The van der Waals surface area contributed by atoms with E-state index in [0.29, 0.717) is 12.1 Å². The molecule has 1 saturated carbocycles. The van der Waals surface area contributed by atoms with Gasteiger partial charge in [0.2, 0.25) is 5.95 Å². The van der Waals surface area contributed by atoms with Crippen molar-refractivity contribution < 1.29 is 4.21 Å². The van der Waals surface area contributed by atoms with Gasteiger partial charge in [-0.3, -0.25) is 4.21 Å². The Morgan fingerprint density at radius 2 is 2.21 bits per heavy atom. The Morgan fingerprint density at radius 3 is 2.89 bits per heavy atom. The number of hydrogen-bond donors (Lipinski definition) is 1. The lowest BCUT2D eigenvalue weighted by Crippen LogP contribution is -2.22. The van der Waals surface area contributed by atoms with Gasteiger partial charge in [0.25, 0.3) is 0 Å². The van der Waals surface area contributed by atoms with E-state index in [1.165, 1.54) is 32.1 Å². The monoisotopic (exact) mass is 283 g/mol. The standard InChI is InChI=1S/C14H25N3OS/c1-12(8-11-19(2)18)16-14-15-9-10-17(14)13-6-4-3-5-7-13/h9-10,12-13H,3-8,11H2,1-2H3,(H,15,16). The summed E-state index contributed by atoms with van der Waals surface area (Å²) in [6, 6.07) is 0.917. The summed E-state index contributed by atoms with van der Waals surface area (Å²) >= 11 is 0. The summed E-state index contributed by atoms with van der Waals surface area (Å²) in [5.41, 5.74) is 0. The second-order valence-electron chi connectivity index (χ2n) is 5.56. The highest BCUT2D eigenvalue weighted by molar-refractivity contribution is 7.84. The molecule has 0 spiro atoms. The van der Waals surface area contributed by atoms with Gasteiger partial charge in [-0.1, -0.05) is 19.3 Å². The van der Waals surface area contributed by atoms with Crippen LogP contribution >= 0.6 is 0 Å². The molecular weight excluding hydrogens is 258 g/mol. The normalized spacial score (nSPS) is 20.1. The summed E-state index contributed by atoms with van der Waals surface area (Å²) < 4.78 is 13.4. The molecule has 0 radical (unpaired) electrons. The molecule has 2 unspecified atom stereocenters. The summed E-state index contributed by atoms with van der Waals surface area (Å²) in [5.74, 6) is 1.72. The maximum Gasteiger partial charge on any atom is 0.203 e. The molecule has 108 valence electrons. The molecule has 1 heterocycles. The molecule has 1 N–H and O–H groups in total. The zero-order valence-electron chi connectivity index (χ0n) is 12.0. The molecular formula is C14H25N3OS. The Labute approximate surface area is 118 Å². The molecule has 1 aliphatic carbocycles. The molecule has 0 aliphatic heterocycles. The Morgan fingerprint density at radius 1 is 1.47 bits per heavy atom. The molecule has 0 aromatic carbocycles. The van der Waals surface area contributed by atoms with Crippen LogP contribution in [0.3, 0.4) is 0 Å². The maximum absolute atomic E-state index is 11.1. The third-order valence-electron chi connectivity index (χ3n) is 3.85. The predicted molar refractivity (Wildman–Crippen MR) is 81.0 cm³/mol. The second-order valence-corrected chi connectivity index (χ2v) is 7.12. The van der Waals surface area contributed by atoms with E-state index in [0.717, 1.165) is 18.1 Å². The van der Waals surface area contributed by atoms with Gasteiger partial charge in [-0.15, -0.1) is 0 Å². The fourth-order valence-corrected chi connectivity index (χ4v) is 3.40. The first-order chi connectivity index (χ1) is 9.16. The van der Waals surface area contributed by atoms with E-state index in [1.54, 1.807) is 6.26 Å². The minimum absolute atomic E-state index is 0.314. The predicted octanol–water partition coefficient (Wildman–Crippen LogP) is 2.96. The highest BCUT2D eigenvalue weighted by Crippen LogP contribution is 2.30. The van der Waals surface area contributed by atoms with Crippen molar-refractivity contribution in [3.8, 4) is 0 Å². The second kappa shape index (κ2) is 7.08. The van der Waals surface area contributed by atoms with Gasteiger partial charge in [-0.2, -0.15) is 0 Å². The van der Waals surface area contributed by atoms with Gasteiger partial charge in [0.1, 0.15) is 0 Å². The number of hydrogen-bond acceptors (Lipinski definition) is 3. The number of nitrogens with one attached hydrogen (secondary N) is 1. The van der Waals surface area contributed by atoms with Gasteiger partial charge in [-0.25, -0.2) is 4.98 Å². The summed E-state index contributed by atoms with van der Waals surface area (Å²) in [5, 5.41) is 3.46. The van der Waals surface area contributed by atoms with Gasteiger partial charge in [-0.05, 0) is 26.2 Å². The first-order valence-electron chi connectivity index (χ1n) is 7.26. The van der Waals surface area contributed by atoms with Crippen LogP contribution in [0.2, 0.25) is 0 Å². The molecule has 5 heteroatoms. The molecule has 0 amide bonds. The Balaban J connectivity index is 1.93. The first kappa shape index (κ1) is 14.6. The highest BCUT2D eigenvalue weighted by Gasteiger charge is 2.18. The van der Waals surface area contributed by atoms with Crippen molar-refractivity contribution >= 4 is 16.7 Å². The average Bonchev–Trinajstić information content (AvgIpc) is 2.85. The smallest absolute Gasteiger partial charge is 0.203 e. The van der Waals surface area contributed by atoms with Crippen molar-refractivity contribution in [3.63, 3.8) is 0 Å². The van der Waals surface area contributed by atoms with Crippen molar-refractivity contribution in [2.75, 3.05) is 17.3 Å². The zero-order valence-corrected chi connectivity index (χ0v) is 12.8. The van der Waals surface area contributed by atoms with E-state index >= 15 is 0 Å². The molecule has 1 fully saturated rings. The van der Waals surface area contributed by atoms with Crippen LogP contribution < -0.4 is 5.32 Å². The summed E-state index contributed by atoms with van der Waals surface area (Å²) in [4.78, 5) is 4.43. The Bertz CT molecular complexity index is 413. The van der Waals surface area contributed by atoms with Crippen LogP contribution in [-0.2, 0) is 10.8 Å². The van der Waals surface area contributed by atoms with Gasteiger partial charge in [0, 0.05) is 47.3 Å². The zero-order chi connectivity index (χ0) is 13.7. The van der Waals surface area contributed by atoms with Crippen LogP contribution in [0.4, 0.5) is 5.95 Å². The molecule has 2 rings (SSSR count). The molecule has 1 aromatic heterocycles. The summed E-state index contributed by atoms with van der Waals surface area (Å²) in [6.45, 7) is 2.13. The fourth-order valence-electron chi connectivity index (χ4n) is 2.71. The van der Waals surface area contributed by atoms with Crippen molar-refractivity contribution in [1.29, 1.82) is 0 Å². The van der Waals surface area contributed by atoms with E-state index in [-0.39, 0.29) is 0 Å². The molecule has 4 nitrogen and oxygen atoms in total. The van der Waals surface area contributed by atoms with Crippen molar-refractivity contribution in [1.82, 2.24) is 9.55 Å². The summed E-state index contributed by atoms with van der Waals surface area (Å²) in [6.07, 6.45) is 13.2. The van der Waals surface area contributed by atoms with E-state index in [4.69, 9.17) is 0 Å². The van der Waals surface area contributed by atoms with Gasteiger partial charge in [0.05, 0.1) is 0 Å². The largest absolute Gasteiger partial charge is 0.353 e. The number of aromatic nitrogens is 2. The van der Waals surface area contributed by atoms with E-state index in [1.807, 2.05) is 6.20 Å². The van der Waals surface area contributed by atoms with Crippen LogP contribution in [0.5, 0.6) is 0 Å². The molecule has 0 bridgehead atoms. The number of nitrogens with zero attached hydrogens (tertiary/aromatic N) is 2. The van der Waals surface area contributed by atoms with E-state index in [2.05, 4.69) is 28.0 Å². The van der Waals surface area contributed by atoms with Gasteiger partial charge < -0.3 is 9.88 Å². The third-order valence-corrected chi connectivity index (χ3v) is 4.66. The third kappa shape index (κ3) is 4.34. The molecule has 0 saturated heterocycles. The van der Waals surface area contributed by atoms with Crippen LogP contribution in [0, 0.1) is 0 Å². The highest BCUT2D eigenvalue weighted by atomic mass is 32.2. The SMILES string of the molecule is CC(CCS(C)=O)Nc1nccn1C1CCCCC1.